The van der Waals surface area contributed by atoms with Crippen LogP contribution in [0.4, 0.5) is 24.5 Å². The van der Waals surface area contributed by atoms with Gasteiger partial charge in [0.05, 0.1) is 51.1 Å². The monoisotopic (exact) mass is 663 g/mol. The van der Waals surface area contributed by atoms with E-state index in [2.05, 4.69) is 37.6 Å². The number of aromatic nitrogens is 4. The van der Waals surface area contributed by atoms with Crippen molar-refractivity contribution in [3.8, 4) is 11.8 Å². The number of carbonyl (C=O) groups excluding carboxylic acids is 3. The Hall–Kier alpha value is -4.83. The molecule has 47 heavy (non-hydrogen) atoms. The van der Waals surface area contributed by atoms with Gasteiger partial charge < -0.3 is 10.2 Å². The quantitative estimate of drug-likeness (QED) is 0.230. The van der Waals surface area contributed by atoms with Gasteiger partial charge in [0, 0.05) is 43.8 Å². The summed E-state index contributed by atoms with van der Waals surface area (Å²) in [5.41, 5.74) is 1.51. The van der Waals surface area contributed by atoms with Crippen LogP contribution in [0.5, 0.6) is 0 Å². The van der Waals surface area contributed by atoms with Crippen molar-refractivity contribution in [3.63, 3.8) is 0 Å². The van der Waals surface area contributed by atoms with E-state index in [1.807, 2.05) is 25.2 Å². The van der Waals surface area contributed by atoms with E-state index < -0.39 is 29.1 Å². The van der Waals surface area contributed by atoms with E-state index in [-0.39, 0.29) is 28.4 Å². The standard InChI is InChI=1S/C33H29ClF3N7O3/c1-42-27-14-22(6-7-23(27)29(41-42)24-8-10-28(45)40-30(24)46)43-16-20(17-43)4-3-19-15-38-44(18-19)32(11-2-12-32)31(47)39-26-9-5-21(13-25(26)34)33(35,36)37/h5-7,9,13-15,18,20,24H,2,8,10-12,16-17H2,1H3,(H,39,47)(H,40,45,46). The predicted molar refractivity (Wildman–Crippen MR) is 168 cm³/mol. The van der Waals surface area contributed by atoms with E-state index >= 15 is 0 Å². The highest BCUT2D eigenvalue weighted by molar-refractivity contribution is 6.33. The number of benzene rings is 2. The molecule has 2 aromatic heterocycles. The van der Waals surface area contributed by atoms with Crippen LogP contribution in [0.25, 0.3) is 10.9 Å². The Balaban J connectivity index is 0.996. The zero-order valence-corrected chi connectivity index (χ0v) is 26.0. The summed E-state index contributed by atoms with van der Waals surface area (Å²) in [4.78, 5) is 39.6. The van der Waals surface area contributed by atoms with Crippen molar-refractivity contribution in [2.75, 3.05) is 23.3 Å². The van der Waals surface area contributed by atoms with Gasteiger partial charge in [-0.1, -0.05) is 23.4 Å². The molecular weight excluding hydrogens is 635 g/mol. The summed E-state index contributed by atoms with van der Waals surface area (Å²) in [5, 5.41) is 14.8. The minimum atomic E-state index is -4.54. The largest absolute Gasteiger partial charge is 0.416 e. The molecular formula is C33H29ClF3N7O3. The molecule has 7 rings (SSSR count). The summed E-state index contributed by atoms with van der Waals surface area (Å²) in [6, 6.07) is 8.87. The molecule has 2 saturated heterocycles. The number of alkyl halides is 3. The number of nitrogens with zero attached hydrogens (tertiary/aromatic N) is 5. The number of piperidine rings is 1. The van der Waals surface area contributed by atoms with Gasteiger partial charge >= 0.3 is 6.18 Å². The second kappa shape index (κ2) is 11.5. The lowest BCUT2D eigenvalue weighted by Crippen LogP contribution is -2.51. The molecule has 3 amide bonds. The van der Waals surface area contributed by atoms with Gasteiger partial charge in [-0.05, 0) is 62.1 Å². The molecule has 4 heterocycles. The summed E-state index contributed by atoms with van der Waals surface area (Å²) in [5.74, 6) is 5.17. The number of aryl methyl sites for hydroxylation is 1. The molecule has 1 unspecified atom stereocenters. The van der Waals surface area contributed by atoms with Crippen molar-refractivity contribution in [1.82, 2.24) is 24.9 Å². The summed E-state index contributed by atoms with van der Waals surface area (Å²) in [6.07, 6.45) is 1.39. The van der Waals surface area contributed by atoms with E-state index in [1.54, 1.807) is 21.8 Å². The number of hydrogen-bond acceptors (Lipinski definition) is 6. The van der Waals surface area contributed by atoms with Gasteiger partial charge in [0.1, 0.15) is 5.54 Å². The normalized spacial score (nSPS) is 19.4. The molecule has 3 fully saturated rings. The van der Waals surface area contributed by atoms with Crippen LogP contribution in [0.3, 0.4) is 0 Å². The zero-order valence-electron chi connectivity index (χ0n) is 25.2. The first-order valence-corrected chi connectivity index (χ1v) is 15.6. The lowest BCUT2D eigenvalue weighted by Gasteiger charge is -2.40. The van der Waals surface area contributed by atoms with Crippen molar-refractivity contribution in [2.45, 2.75) is 49.7 Å². The molecule has 2 aliphatic heterocycles. The van der Waals surface area contributed by atoms with E-state index in [0.29, 0.717) is 36.9 Å². The highest BCUT2D eigenvalue weighted by atomic mass is 35.5. The smallest absolute Gasteiger partial charge is 0.369 e. The highest BCUT2D eigenvalue weighted by Crippen LogP contribution is 2.41. The number of halogens is 4. The maximum atomic E-state index is 13.3. The van der Waals surface area contributed by atoms with Crippen molar-refractivity contribution in [3.05, 3.63) is 70.6 Å². The number of nitrogens with one attached hydrogen (secondary N) is 2. The average molecular weight is 664 g/mol. The third kappa shape index (κ3) is 5.60. The number of hydrogen-bond donors (Lipinski definition) is 2. The van der Waals surface area contributed by atoms with Gasteiger partial charge in [-0.25, -0.2) is 0 Å². The molecule has 0 radical (unpaired) electrons. The summed E-state index contributed by atoms with van der Waals surface area (Å²) in [6.45, 7) is 1.45. The Kier molecular flexibility index (Phi) is 7.50. The fourth-order valence-corrected chi connectivity index (χ4v) is 6.60. The van der Waals surface area contributed by atoms with Crippen LogP contribution in [0.2, 0.25) is 5.02 Å². The van der Waals surface area contributed by atoms with Crippen molar-refractivity contribution in [2.24, 2.45) is 13.0 Å². The maximum absolute atomic E-state index is 13.3. The molecule has 2 aromatic carbocycles. The van der Waals surface area contributed by atoms with Gasteiger partial charge in [0.25, 0.3) is 5.91 Å². The maximum Gasteiger partial charge on any atom is 0.416 e. The van der Waals surface area contributed by atoms with E-state index in [9.17, 15) is 27.6 Å². The fraction of sp³-hybridized carbons (Fsp3) is 0.364. The third-order valence-corrected chi connectivity index (χ3v) is 9.58. The average Bonchev–Trinajstić information content (AvgIpc) is 3.56. The second-order valence-corrected chi connectivity index (χ2v) is 12.7. The molecule has 1 aliphatic carbocycles. The molecule has 10 nitrogen and oxygen atoms in total. The molecule has 1 saturated carbocycles. The number of amides is 3. The molecule has 242 valence electrons. The van der Waals surface area contributed by atoms with Gasteiger partial charge in [-0.3, -0.25) is 29.1 Å². The molecule has 2 N–H and O–H groups in total. The summed E-state index contributed by atoms with van der Waals surface area (Å²) in [7, 11) is 1.84. The van der Waals surface area contributed by atoms with Gasteiger partial charge in [0.15, 0.2) is 0 Å². The van der Waals surface area contributed by atoms with Crippen LogP contribution in [0.1, 0.15) is 54.8 Å². The Morgan fingerprint density at radius 2 is 1.94 bits per heavy atom. The number of carbonyl (C=O) groups is 3. The van der Waals surface area contributed by atoms with Crippen LogP contribution < -0.4 is 15.5 Å². The summed E-state index contributed by atoms with van der Waals surface area (Å²) >= 11 is 6.07. The molecule has 0 spiro atoms. The van der Waals surface area contributed by atoms with Crippen molar-refractivity contribution < 1.29 is 27.6 Å². The van der Waals surface area contributed by atoms with E-state index in [4.69, 9.17) is 11.6 Å². The lowest BCUT2D eigenvalue weighted by molar-refractivity contribution is -0.137. The Morgan fingerprint density at radius 3 is 2.62 bits per heavy atom. The van der Waals surface area contributed by atoms with Crippen LogP contribution >= 0.6 is 11.6 Å². The first-order valence-electron chi connectivity index (χ1n) is 15.2. The first kappa shape index (κ1) is 30.8. The van der Waals surface area contributed by atoms with Crippen molar-refractivity contribution >= 4 is 51.6 Å². The number of rotatable bonds is 5. The lowest BCUT2D eigenvalue weighted by atomic mass is 9.76. The second-order valence-electron chi connectivity index (χ2n) is 12.3. The summed E-state index contributed by atoms with van der Waals surface area (Å²) < 4.78 is 42.4. The fourth-order valence-electron chi connectivity index (χ4n) is 6.37. The first-order chi connectivity index (χ1) is 22.4. The van der Waals surface area contributed by atoms with Crippen molar-refractivity contribution in [1.29, 1.82) is 0 Å². The van der Waals surface area contributed by atoms with Crippen LogP contribution in [-0.4, -0.2) is 50.4 Å². The molecule has 0 bridgehead atoms. The van der Waals surface area contributed by atoms with Crippen LogP contribution in [0, 0.1) is 17.8 Å². The third-order valence-electron chi connectivity index (χ3n) is 9.27. The minimum absolute atomic E-state index is 0.106. The van der Waals surface area contributed by atoms with Gasteiger partial charge in [0.2, 0.25) is 11.8 Å². The van der Waals surface area contributed by atoms with Gasteiger partial charge in [-0.15, -0.1) is 0 Å². The Bertz CT molecular complexity index is 2000. The van der Waals surface area contributed by atoms with Crippen LogP contribution in [-0.2, 0) is 33.1 Å². The number of fused-ring (bicyclic) bond motifs is 1. The molecule has 14 heteroatoms. The Morgan fingerprint density at radius 1 is 1.15 bits per heavy atom. The number of imide groups is 1. The minimum Gasteiger partial charge on any atom is -0.369 e. The van der Waals surface area contributed by atoms with Crippen LogP contribution in [0.15, 0.2) is 48.8 Å². The highest BCUT2D eigenvalue weighted by Gasteiger charge is 2.47. The molecule has 1 atom stereocenters. The number of anilines is 2. The predicted octanol–water partition coefficient (Wildman–Crippen LogP) is 4.97. The van der Waals surface area contributed by atoms with E-state index in [1.165, 1.54) is 0 Å². The topological polar surface area (TPSA) is 114 Å². The zero-order chi connectivity index (χ0) is 33.1. The molecule has 4 aromatic rings. The molecule has 3 aliphatic rings. The SMILES string of the molecule is Cn1nc(C2CCC(=O)NC2=O)c2ccc(N3CC(C#Cc4cnn(C5(C(=O)Nc6ccc(C(F)(F)F)cc6Cl)CCC5)c4)C3)cc21. The van der Waals surface area contributed by atoms with E-state index in [0.717, 1.165) is 54.3 Å². The Labute approximate surface area is 272 Å². The van der Waals surface area contributed by atoms with Gasteiger partial charge in [-0.2, -0.15) is 23.4 Å².